The van der Waals surface area contributed by atoms with Gasteiger partial charge in [0.15, 0.2) is 0 Å². The summed E-state index contributed by atoms with van der Waals surface area (Å²) < 4.78 is 12.2. The molecule has 2 aromatic heterocycles. The highest BCUT2D eigenvalue weighted by Gasteiger charge is 2.15. The largest absolute Gasteiger partial charge is 0.497 e. The van der Waals surface area contributed by atoms with Gasteiger partial charge < -0.3 is 20.1 Å². The first-order valence-corrected chi connectivity index (χ1v) is 10.3. The van der Waals surface area contributed by atoms with Gasteiger partial charge in [0.25, 0.3) is 5.91 Å². The number of carbonyl (C=O) groups is 2. The first kappa shape index (κ1) is 22.1. The number of hydrogen-bond donors (Lipinski definition) is 2. The minimum absolute atomic E-state index is 0.0751. The monoisotopic (exact) mass is 424 g/mol. The minimum Gasteiger partial charge on any atom is -0.497 e. The number of fused-ring (bicyclic) bond motifs is 1. The van der Waals surface area contributed by atoms with Crippen LogP contribution in [0.2, 0.25) is 0 Å². The highest BCUT2D eigenvalue weighted by Crippen LogP contribution is 2.29. The molecular formula is C23H28N4O4. The zero-order chi connectivity index (χ0) is 22.2. The molecule has 3 rings (SSSR count). The number of imidazole rings is 1. The Morgan fingerprint density at radius 3 is 2.68 bits per heavy atom. The van der Waals surface area contributed by atoms with E-state index in [9.17, 15) is 9.59 Å². The molecule has 8 heteroatoms. The third kappa shape index (κ3) is 5.53. The second-order valence-corrected chi connectivity index (χ2v) is 7.16. The number of benzene rings is 1. The molecule has 0 saturated heterocycles. The standard InChI is InChI=1S/C23H28N4O4/c1-16-22(27-14-8-6-9-20(27)25-16)23(29)24-13-7-4-5-10-21(28)26-18-12-11-17(30-2)15-19(18)31-3/h6,8-9,11-12,14-15H,4-5,7,10,13H2,1-3H3,(H,24,29)(H,26,28). The van der Waals surface area contributed by atoms with Gasteiger partial charge in [-0.05, 0) is 44.0 Å². The van der Waals surface area contributed by atoms with E-state index in [-0.39, 0.29) is 11.8 Å². The van der Waals surface area contributed by atoms with Crippen LogP contribution in [0.1, 0.15) is 41.9 Å². The molecule has 0 atom stereocenters. The number of methoxy groups -OCH3 is 2. The Labute approximate surface area is 181 Å². The van der Waals surface area contributed by atoms with E-state index in [2.05, 4.69) is 15.6 Å². The number of ether oxygens (including phenoxy) is 2. The van der Waals surface area contributed by atoms with Gasteiger partial charge in [0.2, 0.25) is 5.91 Å². The number of nitrogens with one attached hydrogen (secondary N) is 2. The fourth-order valence-corrected chi connectivity index (χ4v) is 3.37. The highest BCUT2D eigenvalue weighted by atomic mass is 16.5. The van der Waals surface area contributed by atoms with Crippen molar-refractivity contribution in [3.63, 3.8) is 0 Å². The third-order valence-corrected chi connectivity index (χ3v) is 4.97. The van der Waals surface area contributed by atoms with Crippen molar-refractivity contribution >= 4 is 23.1 Å². The van der Waals surface area contributed by atoms with E-state index in [0.717, 1.165) is 24.9 Å². The lowest BCUT2D eigenvalue weighted by molar-refractivity contribution is -0.116. The third-order valence-electron chi connectivity index (χ3n) is 4.97. The highest BCUT2D eigenvalue weighted by molar-refractivity contribution is 5.94. The predicted octanol–water partition coefficient (Wildman–Crippen LogP) is 3.59. The van der Waals surface area contributed by atoms with Crippen molar-refractivity contribution < 1.29 is 19.1 Å². The number of carbonyl (C=O) groups excluding carboxylic acids is 2. The van der Waals surface area contributed by atoms with Crippen LogP contribution in [0.25, 0.3) is 5.65 Å². The molecule has 164 valence electrons. The molecule has 0 bridgehead atoms. The van der Waals surface area contributed by atoms with Crippen molar-refractivity contribution in [3.05, 3.63) is 54.0 Å². The normalized spacial score (nSPS) is 10.7. The second kappa shape index (κ2) is 10.5. The van der Waals surface area contributed by atoms with Crippen LogP contribution in [-0.4, -0.2) is 42.0 Å². The van der Waals surface area contributed by atoms with Crippen molar-refractivity contribution in [2.45, 2.75) is 32.6 Å². The molecule has 0 aliphatic carbocycles. The number of hydrogen-bond acceptors (Lipinski definition) is 5. The van der Waals surface area contributed by atoms with Gasteiger partial charge in [-0.1, -0.05) is 12.5 Å². The van der Waals surface area contributed by atoms with Crippen molar-refractivity contribution in [1.29, 1.82) is 0 Å². The van der Waals surface area contributed by atoms with Gasteiger partial charge in [-0.15, -0.1) is 0 Å². The summed E-state index contributed by atoms with van der Waals surface area (Å²) in [6.07, 6.45) is 4.59. The Balaban J connectivity index is 1.39. The molecule has 8 nitrogen and oxygen atoms in total. The van der Waals surface area contributed by atoms with Gasteiger partial charge in [0.1, 0.15) is 22.8 Å². The maximum absolute atomic E-state index is 12.5. The maximum atomic E-state index is 12.5. The van der Waals surface area contributed by atoms with Crippen molar-refractivity contribution in [3.8, 4) is 11.5 Å². The molecule has 2 heterocycles. The van der Waals surface area contributed by atoms with E-state index in [1.807, 2.05) is 31.3 Å². The first-order chi connectivity index (χ1) is 15.0. The Kier molecular flexibility index (Phi) is 7.48. The Morgan fingerprint density at radius 2 is 1.90 bits per heavy atom. The van der Waals surface area contributed by atoms with Gasteiger partial charge in [0, 0.05) is 25.2 Å². The summed E-state index contributed by atoms with van der Waals surface area (Å²) in [4.78, 5) is 29.2. The van der Waals surface area contributed by atoms with Crippen LogP contribution < -0.4 is 20.1 Å². The molecule has 1 aromatic carbocycles. The number of pyridine rings is 1. The van der Waals surface area contributed by atoms with E-state index >= 15 is 0 Å². The molecule has 0 saturated carbocycles. The van der Waals surface area contributed by atoms with E-state index in [0.29, 0.717) is 41.5 Å². The lowest BCUT2D eigenvalue weighted by Crippen LogP contribution is -2.26. The van der Waals surface area contributed by atoms with Crippen LogP contribution in [0.5, 0.6) is 11.5 Å². The zero-order valence-corrected chi connectivity index (χ0v) is 18.1. The molecule has 0 spiro atoms. The molecule has 0 unspecified atom stereocenters. The van der Waals surface area contributed by atoms with Crippen LogP contribution in [0.3, 0.4) is 0 Å². The number of aryl methyl sites for hydroxylation is 1. The maximum Gasteiger partial charge on any atom is 0.270 e. The summed E-state index contributed by atoms with van der Waals surface area (Å²) in [7, 11) is 3.13. The van der Waals surface area contributed by atoms with Gasteiger partial charge in [-0.25, -0.2) is 4.98 Å². The van der Waals surface area contributed by atoms with E-state index in [1.54, 1.807) is 36.8 Å². The van der Waals surface area contributed by atoms with Crippen LogP contribution in [0, 0.1) is 6.92 Å². The number of aromatic nitrogens is 2. The number of anilines is 1. The SMILES string of the molecule is COc1ccc(NC(=O)CCCCCNC(=O)c2c(C)nc3ccccn23)c(OC)c1. The van der Waals surface area contributed by atoms with Gasteiger partial charge in [-0.2, -0.15) is 0 Å². The fraction of sp³-hybridized carbons (Fsp3) is 0.348. The smallest absolute Gasteiger partial charge is 0.270 e. The molecule has 2 N–H and O–H groups in total. The van der Waals surface area contributed by atoms with Gasteiger partial charge in [0.05, 0.1) is 25.6 Å². The van der Waals surface area contributed by atoms with E-state index < -0.39 is 0 Å². The van der Waals surface area contributed by atoms with Crippen LogP contribution in [0.4, 0.5) is 5.69 Å². The lowest BCUT2D eigenvalue weighted by atomic mass is 10.1. The van der Waals surface area contributed by atoms with Crippen LogP contribution >= 0.6 is 0 Å². The molecule has 0 aliphatic heterocycles. The fourth-order valence-electron chi connectivity index (χ4n) is 3.37. The van der Waals surface area contributed by atoms with Crippen LogP contribution in [-0.2, 0) is 4.79 Å². The van der Waals surface area contributed by atoms with E-state index in [1.165, 1.54) is 0 Å². The second-order valence-electron chi connectivity index (χ2n) is 7.16. The van der Waals surface area contributed by atoms with Crippen molar-refractivity contribution in [2.24, 2.45) is 0 Å². The van der Waals surface area contributed by atoms with Crippen LogP contribution in [0.15, 0.2) is 42.6 Å². The summed E-state index contributed by atoms with van der Waals surface area (Å²) in [6, 6.07) is 10.9. The number of nitrogens with zero attached hydrogens (tertiary/aromatic N) is 2. The van der Waals surface area contributed by atoms with Crippen molar-refractivity contribution in [2.75, 3.05) is 26.1 Å². The average molecular weight is 425 g/mol. The van der Waals surface area contributed by atoms with E-state index in [4.69, 9.17) is 9.47 Å². The molecular weight excluding hydrogens is 396 g/mol. The van der Waals surface area contributed by atoms with Crippen molar-refractivity contribution in [1.82, 2.24) is 14.7 Å². The Hall–Kier alpha value is -3.55. The minimum atomic E-state index is -0.138. The quantitative estimate of drug-likeness (QED) is 0.485. The number of unbranched alkanes of at least 4 members (excludes halogenated alkanes) is 2. The molecule has 0 fully saturated rings. The molecule has 0 aliphatic rings. The Bertz CT molecular complexity index is 1060. The molecule has 0 radical (unpaired) electrons. The zero-order valence-electron chi connectivity index (χ0n) is 18.1. The lowest BCUT2D eigenvalue weighted by Gasteiger charge is -2.11. The molecule has 2 amide bonds. The molecule has 31 heavy (non-hydrogen) atoms. The first-order valence-electron chi connectivity index (χ1n) is 10.3. The summed E-state index contributed by atoms with van der Waals surface area (Å²) in [5.74, 6) is 1.00. The summed E-state index contributed by atoms with van der Waals surface area (Å²) in [5, 5.41) is 5.81. The summed E-state index contributed by atoms with van der Waals surface area (Å²) >= 11 is 0. The van der Waals surface area contributed by atoms with Gasteiger partial charge in [-0.3, -0.25) is 14.0 Å². The van der Waals surface area contributed by atoms with Gasteiger partial charge >= 0.3 is 0 Å². The number of rotatable bonds is 10. The summed E-state index contributed by atoms with van der Waals surface area (Å²) in [5.41, 5.74) is 2.63. The number of amides is 2. The Morgan fingerprint density at radius 1 is 1.06 bits per heavy atom. The summed E-state index contributed by atoms with van der Waals surface area (Å²) in [6.45, 7) is 2.38. The topological polar surface area (TPSA) is 94.0 Å². The predicted molar refractivity (Wildman–Crippen MR) is 119 cm³/mol. The molecule has 3 aromatic rings. The average Bonchev–Trinajstić information content (AvgIpc) is 3.11.